The van der Waals surface area contributed by atoms with Crippen molar-refractivity contribution in [3.63, 3.8) is 0 Å². The zero-order valence-corrected chi connectivity index (χ0v) is 12.5. The summed E-state index contributed by atoms with van der Waals surface area (Å²) in [5.41, 5.74) is 3.54. The number of carboxylic acid groups (broad SMARTS) is 1. The van der Waals surface area contributed by atoms with Crippen LogP contribution in [0.5, 0.6) is 0 Å². The summed E-state index contributed by atoms with van der Waals surface area (Å²) in [6.45, 7) is 7.57. The summed E-state index contributed by atoms with van der Waals surface area (Å²) in [7, 11) is 0. The van der Waals surface area contributed by atoms with Crippen LogP contribution < -0.4 is 0 Å². The molecule has 2 aliphatic rings. The van der Waals surface area contributed by atoms with Crippen LogP contribution in [0.2, 0.25) is 0 Å². The van der Waals surface area contributed by atoms with E-state index in [0.717, 1.165) is 12.1 Å². The Hall–Kier alpha value is -1.52. The third-order valence-electron chi connectivity index (χ3n) is 4.49. The fourth-order valence-corrected chi connectivity index (χ4v) is 3.17. The molecule has 1 N–H and O–H groups in total. The second-order valence-electron chi connectivity index (χ2n) is 6.98. The first-order valence-corrected chi connectivity index (χ1v) is 7.47. The van der Waals surface area contributed by atoms with Gasteiger partial charge in [0.15, 0.2) is 0 Å². The molecule has 1 fully saturated rings. The van der Waals surface area contributed by atoms with E-state index in [-0.39, 0.29) is 5.54 Å². The molecule has 1 amide bonds. The topological polar surface area (TPSA) is 58.4 Å². The zero-order chi connectivity index (χ0) is 14.5. The molecule has 0 atom stereocenters. The Bertz CT molecular complexity index is 538. The summed E-state index contributed by atoms with van der Waals surface area (Å²) in [6, 6.07) is 0. The third-order valence-corrected chi connectivity index (χ3v) is 4.49. The van der Waals surface area contributed by atoms with Crippen molar-refractivity contribution in [1.29, 1.82) is 0 Å². The molecule has 0 radical (unpaired) electrons. The highest BCUT2D eigenvalue weighted by Gasteiger charge is 2.34. The van der Waals surface area contributed by atoms with Gasteiger partial charge in [0.1, 0.15) is 0 Å². The fraction of sp³-hybridized carbons (Fsp3) is 0.733. The van der Waals surface area contributed by atoms with E-state index < -0.39 is 6.09 Å². The van der Waals surface area contributed by atoms with Gasteiger partial charge in [0, 0.05) is 30.1 Å². The molecule has 1 aromatic heterocycles. The molecule has 110 valence electrons. The summed E-state index contributed by atoms with van der Waals surface area (Å²) < 4.78 is 2.13. The molecule has 0 unspecified atom stereocenters. The number of fused-ring (bicyclic) bond motifs is 1. The highest BCUT2D eigenvalue weighted by atomic mass is 16.4. The molecule has 0 bridgehead atoms. The summed E-state index contributed by atoms with van der Waals surface area (Å²) in [4.78, 5) is 12.7. The Kier molecular flexibility index (Phi) is 3.03. The molecule has 20 heavy (non-hydrogen) atoms. The lowest BCUT2D eigenvalue weighted by molar-refractivity contribution is 0.138. The van der Waals surface area contributed by atoms with Gasteiger partial charge in [0.05, 0.1) is 17.8 Å². The van der Waals surface area contributed by atoms with Gasteiger partial charge < -0.3 is 10.0 Å². The molecular formula is C15H23N3O2. The highest BCUT2D eigenvalue weighted by molar-refractivity contribution is 5.65. The Balaban J connectivity index is 2.03. The molecule has 0 saturated heterocycles. The minimum atomic E-state index is -0.821. The van der Waals surface area contributed by atoms with Crippen molar-refractivity contribution in [2.75, 3.05) is 6.54 Å². The summed E-state index contributed by atoms with van der Waals surface area (Å²) in [6.07, 6.45) is 3.61. The molecule has 5 nitrogen and oxygen atoms in total. The fourth-order valence-electron chi connectivity index (χ4n) is 3.17. The first-order valence-electron chi connectivity index (χ1n) is 7.47. The molecule has 1 aliphatic carbocycles. The van der Waals surface area contributed by atoms with E-state index in [0.29, 0.717) is 19.0 Å². The van der Waals surface area contributed by atoms with Gasteiger partial charge in [-0.05, 0) is 33.6 Å². The van der Waals surface area contributed by atoms with Crippen LogP contribution in [0.4, 0.5) is 4.79 Å². The average molecular weight is 277 g/mol. The summed E-state index contributed by atoms with van der Waals surface area (Å²) in [5, 5.41) is 14.1. The van der Waals surface area contributed by atoms with Crippen molar-refractivity contribution in [3.05, 3.63) is 17.0 Å². The van der Waals surface area contributed by atoms with E-state index in [4.69, 9.17) is 5.10 Å². The zero-order valence-electron chi connectivity index (χ0n) is 12.5. The van der Waals surface area contributed by atoms with Crippen LogP contribution in [-0.2, 0) is 18.5 Å². The lowest BCUT2D eigenvalue weighted by atomic mass is 9.81. The van der Waals surface area contributed by atoms with Gasteiger partial charge in [-0.15, -0.1) is 0 Å². The number of hydrogen-bond donors (Lipinski definition) is 1. The molecule has 5 heteroatoms. The third kappa shape index (κ3) is 2.09. The van der Waals surface area contributed by atoms with Gasteiger partial charge >= 0.3 is 6.09 Å². The second-order valence-corrected chi connectivity index (χ2v) is 6.98. The smallest absolute Gasteiger partial charge is 0.407 e. The maximum atomic E-state index is 11.2. The molecule has 1 saturated carbocycles. The van der Waals surface area contributed by atoms with Crippen molar-refractivity contribution >= 4 is 6.09 Å². The normalized spacial score (nSPS) is 19.6. The standard InChI is InChI=1S/C15H23N3O2/c1-15(2,3)18-12-7-8-17(14(19)20)9-11(12)13(16-18)10-5-4-6-10/h10H,4-9H2,1-3H3,(H,19,20). The lowest BCUT2D eigenvalue weighted by Gasteiger charge is -2.29. The number of nitrogens with zero attached hydrogens (tertiary/aromatic N) is 3. The van der Waals surface area contributed by atoms with Crippen molar-refractivity contribution in [3.8, 4) is 0 Å². The van der Waals surface area contributed by atoms with Crippen LogP contribution in [0.3, 0.4) is 0 Å². The van der Waals surface area contributed by atoms with Crippen LogP contribution in [0.15, 0.2) is 0 Å². The molecule has 1 aromatic rings. The van der Waals surface area contributed by atoms with E-state index in [2.05, 4.69) is 25.5 Å². The maximum Gasteiger partial charge on any atom is 0.407 e. The number of carbonyl (C=O) groups is 1. The van der Waals surface area contributed by atoms with E-state index in [1.807, 2.05) is 0 Å². The maximum absolute atomic E-state index is 11.2. The van der Waals surface area contributed by atoms with Crippen LogP contribution in [0.25, 0.3) is 0 Å². The molecule has 3 rings (SSSR count). The molecule has 2 heterocycles. The monoisotopic (exact) mass is 277 g/mol. The lowest BCUT2D eigenvalue weighted by Crippen LogP contribution is -2.37. The van der Waals surface area contributed by atoms with Crippen molar-refractivity contribution in [1.82, 2.24) is 14.7 Å². The SMILES string of the molecule is CC(C)(C)n1nc(C2CCC2)c2c1CCN(C(=O)O)C2. The number of aromatic nitrogens is 2. The van der Waals surface area contributed by atoms with Crippen molar-refractivity contribution in [2.24, 2.45) is 0 Å². The van der Waals surface area contributed by atoms with Crippen LogP contribution in [0.1, 0.15) is 62.9 Å². The predicted octanol–water partition coefficient (Wildman–Crippen LogP) is 2.94. The van der Waals surface area contributed by atoms with Crippen LogP contribution >= 0.6 is 0 Å². The van der Waals surface area contributed by atoms with Crippen LogP contribution in [-0.4, -0.2) is 32.4 Å². The van der Waals surface area contributed by atoms with Crippen molar-refractivity contribution in [2.45, 2.75) is 64.5 Å². The Morgan fingerprint density at radius 3 is 2.55 bits per heavy atom. The quantitative estimate of drug-likeness (QED) is 0.858. The Morgan fingerprint density at radius 2 is 2.05 bits per heavy atom. The van der Waals surface area contributed by atoms with Gasteiger partial charge in [0.2, 0.25) is 0 Å². The first-order chi connectivity index (χ1) is 9.38. The largest absolute Gasteiger partial charge is 0.465 e. The molecule has 0 aromatic carbocycles. The van der Waals surface area contributed by atoms with Gasteiger partial charge in [-0.2, -0.15) is 5.10 Å². The Morgan fingerprint density at radius 1 is 1.35 bits per heavy atom. The second kappa shape index (κ2) is 4.50. The van der Waals surface area contributed by atoms with Gasteiger partial charge in [-0.3, -0.25) is 4.68 Å². The van der Waals surface area contributed by atoms with E-state index in [1.54, 1.807) is 0 Å². The minimum absolute atomic E-state index is 0.0442. The molecule has 0 spiro atoms. The van der Waals surface area contributed by atoms with Crippen molar-refractivity contribution < 1.29 is 9.90 Å². The highest BCUT2D eigenvalue weighted by Crippen LogP contribution is 2.40. The summed E-state index contributed by atoms with van der Waals surface area (Å²) in [5.74, 6) is 0.543. The molecular weight excluding hydrogens is 254 g/mol. The predicted molar refractivity (Wildman–Crippen MR) is 76.0 cm³/mol. The van der Waals surface area contributed by atoms with Crippen LogP contribution in [0, 0.1) is 0 Å². The number of hydrogen-bond acceptors (Lipinski definition) is 2. The molecule has 1 aliphatic heterocycles. The van der Waals surface area contributed by atoms with Gasteiger partial charge in [0.25, 0.3) is 0 Å². The number of rotatable bonds is 1. The average Bonchev–Trinajstić information content (AvgIpc) is 2.65. The van der Waals surface area contributed by atoms with Gasteiger partial charge in [-0.25, -0.2) is 4.79 Å². The van der Waals surface area contributed by atoms with E-state index in [9.17, 15) is 9.90 Å². The minimum Gasteiger partial charge on any atom is -0.465 e. The van der Waals surface area contributed by atoms with Gasteiger partial charge in [-0.1, -0.05) is 6.42 Å². The van der Waals surface area contributed by atoms with E-state index >= 15 is 0 Å². The number of amides is 1. The first kappa shape index (κ1) is 13.5. The van der Waals surface area contributed by atoms with E-state index in [1.165, 1.54) is 35.4 Å². The summed E-state index contributed by atoms with van der Waals surface area (Å²) >= 11 is 0. The Labute approximate surface area is 119 Å².